The van der Waals surface area contributed by atoms with Gasteiger partial charge in [0.2, 0.25) is 11.1 Å². The third-order valence-corrected chi connectivity index (χ3v) is 5.12. The maximum absolute atomic E-state index is 12.2. The van der Waals surface area contributed by atoms with E-state index in [2.05, 4.69) is 25.8 Å². The molecule has 0 aliphatic rings. The molecule has 0 saturated carbocycles. The Labute approximate surface area is 177 Å². The zero-order valence-electron chi connectivity index (χ0n) is 16.0. The molecule has 9 heteroatoms. The van der Waals surface area contributed by atoms with Gasteiger partial charge in [0, 0.05) is 16.3 Å². The van der Waals surface area contributed by atoms with E-state index < -0.39 is 0 Å². The number of rotatable bonds is 7. The van der Waals surface area contributed by atoms with Gasteiger partial charge in [0.05, 0.1) is 12.3 Å². The van der Waals surface area contributed by atoms with Crippen LogP contribution in [0.15, 0.2) is 47.6 Å². The SMILES string of the molecule is Cc1ccc(NC(=O)CSc2n[nH]c(CNC(=O)c3ccc(Cl)cc3)n2)c(C)c1. The van der Waals surface area contributed by atoms with E-state index >= 15 is 0 Å². The number of amides is 2. The number of benzene rings is 2. The van der Waals surface area contributed by atoms with E-state index in [0.717, 1.165) is 16.8 Å². The van der Waals surface area contributed by atoms with Crippen LogP contribution >= 0.6 is 23.4 Å². The van der Waals surface area contributed by atoms with Crippen LogP contribution in [-0.2, 0) is 11.3 Å². The number of H-pyrrole nitrogens is 1. The van der Waals surface area contributed by atoms with E-state index in [9.17, 15) is 9.59 Å². The van der Waals surface area contributed by atoms with Crippen molar-refractivity contribution in [1.82, 2.24) is 20.5 Å². The number of hydrogen-bond donors (Lipinski definition) is 3. The first kappa shape index (κ1) is 20.9. The number of aryl methyl sites for hydroxylation is 2. The molecule has 3 rings (SSSR count). The number of anilines is 1. The molecule has 2 aromatic carbocycles. The molecule has 7 nitrogen and oxygen atoms in total. The van der Waals surface area contributed by atoms with Crippen molar-refractivity contribution in [1.29, 1.82) is 0 Å². The molecule has 0 unspecified atom stereocenters. The second-order valence-corrected chi connectivity index (χ2v) is 7.79. The van der Waals surface area contributed by atoms with Crippen molar-refractivity contribution < 1.29 is 9.59 Å². The summed E-state index contributed by atoms with van der Waals surface area (Å²) in [5.74, 6) is 0.316. The van der Waals surface area contributed by atoms with Crippen LogP contribution in [0.4, 0.5) is 5.69 Å². The van der Waals surface area contributed by atoms with Crippen LogP contribution < -0.4 is 10.6 Å². The maximum atomic E-state index is 12.2. The molecule has 150 valence electrons. The van der Waals surface area contributed by atoms with Crippen LogP contribution in [0, 0.1) is 13.8 Å². The van der Waals surface area contributed by atoms with Gasteiger partial charge >= 0.3 is 0 Å². The highest BCUT2D eigenvalue weighted by molar-refractivity contribution is 7.99. The summed E-state index contributed by atoms with van der Waals surface area (Å²) in [6.45, 7) is 4.16. The Bertz CT molecular complexity index is 1020. The summed E-state index contributed by atoms with van der Waals surface area (Å²) in [5.41, 5.74) is 3.46. The first-order valence-corrected chi connectivity index (χ1v) is 10.2. The second-order valence-electron chi connectivity index (χ2n) is 6.41. The van der Waals surface area contributed by atoms with Gasteiger partial charge in [-0.15, -0.1) is 5.10 Å². The van der Waals surface area contributed by atoms with Crippen molar-refractivity contribution in [2.45, 2.75) is 25.5 Å². The highest BCUT2D eigenvalue weighted by atomic mass is 35.5. The van der Waals surface area contributed by atoms with Crippen LogP contribution in [0.1, 0.15) is 27.3 Å². The van der Waals surface area contributed by atoms with E-state index in [0.29, 0.717) is 21.6 Å². The highest BCUT2D eigenvalue weighted by Gasteiger charge is 2.11. The maximum Gasteiger partial charge on any atom is 0.251 e. The second kappa shape index (κ2) is 9.58. The molecule has 0 aliphatic carbocycles. The number of aromatic nitrogens is 3. The Morgan fingerprint density at radius 3 is 2.62 bits per heavy atom. The average Bonchev–Trinajstić information content (AvgIpc) is 3.15. The Balaban J connectivity index is 1.46. The monoisotopic (exact) mass is 429 g/mol. The zero-order valence-corrected chi connectivity index (χ0v) is 17.5. The minimum Gasteiger partial charge on any atom is -0.345 e. The quantitative estimate of drug-likeness (QED) is 0.497. The average molecular weight is 430 g/mol. The fourth-order valence-electron chi connectivity index (χ4n) is 2.56. The van der Waals surface area contributed by atoms with Crippen molar-refractivity contribution in [3.8, 4) is 0 Å². The molecule has 0 fully saturated rings. The summed E-state index contributed by atoms with van der Waals surface area (Å²) < 4.78 is 0. The van der Waals surface area contributed by atoms with Crippen LogP contribution in [-0.4, -0.2) is 32.7 Å². The van der Waals surface area contributed by atoms with E-state index in [4.69, 9.17) is 11.6 Å². The number of thioether (sulfide) groups is 1. The Kier molecular flexibility index (Phi) is 6.90. The fourth-order valence-corrected chi connectivity index (χ4v) is 3.30. The number of aromatic amines is 1. The Hall–Kier alpha value is -2.84. The lowest BCUT2D eigenvalue weighted by molar-refractivity contribution is -0.113. The van der Waals surface area contributed by atoms with E-state index in [1.807, 2.05) is 32.0 Å². The van der Waals surface area contributed by atoms with Gasteiger partial charge in [-0.3, -0.25) is 14.7 Å². The van der Waals surface area contributed by atoms with Gasteiger partial charge in [0.1, 0.15) is 5.82 Å². The van der Waals surface area contributed by atoms with E-state index in [-0.39, 0.29) is 24.1 Å². The van der Waals surface area contributed by atoms with Crippen LogP contribution in [0.2, 0.25) is 5.02 Å². The molecule has 2 amide bonds. The van der Waals surface area contributed by atoms with Crippen LogP contribution in [0.25, 0.3) is 0 Å². The minimum atomic E-state index is -0.236. The van der Waals surface area contributed by atoms with Crippen molar-refractivity contribution in [3.05, 3.63) is 70.0 Å². The van der Waals surface area contributed by atoms with Gasteiger partial charge in [-0.25, -0.2) is 4.98 Å². The van der Waals surface area contributed by atoms with E-state index in [1.54, 1.807) is 24.3 Å². The number of hydrogen-bond acceptors (Lipinski definition) is 5. The predicted octanol–water partition coefficient (Wildman–Crippen LogP) is 3.74. The third-order valence-electron chi connectivity index (χ3n) is 4.02. The lowest BCUT2D eigenvalue weighted by Gasteiger charge is -2.08. The lowest BCUT2D eigenvalue weighted by Crippen LogP contribution is -2.23. The first-order valence-electron chi connectivity index (χ1n) is 8.85. The third kappa shape index (κ3) is 6.07. The van der Waals surface area contributed by atoms with Gasteiger partial charge in [-0.2, -0.15) is 0 Å². The molecular formula is C20H20ClN5O2S. The molecule has 3 N–H and O–H groups in total. The van der Waals surface area contributed by atoms with Crippen molar-refractivity contribution in [2.75, 3.05) is 11.1 Å². The number of halogens is 1. The van der Waals surface area contributed by atoms with Gasteiger partial charge < -0.3 is 10.6 Å². The smallest absolute Gasteiger partial charge is 0.251 e. The molecule has 0 atom stereocenters. The fraction of sp³-hybridized carbons (Fsp3) is 0.200. The van der Waals surface area contributed by atoms with E-state index in [1.165, 1.54) is 11.8 Å². The number of nitrogens with one attached hydrogen (secondary N) is 3. The van der Waals surface area contributed by atoms with Crippen LogP contribution in [0.3, 0.4) is 0 Å². The van der Waals surface area contributed by atoms with Gasteiger partial charge in [0.15, 0.2) is 0 Å². The molecule has 3 aromatic rings. The topological polar surface area (TPSA) is 99.8 Å². The molecule has 1 heterocycles. The summed E-state index contributed by atoms with van der Waals surface area (Å²) >= 11 is 7.03. The molecular weight excluding hydrogens is 410 g/mol. The summed E-state index contributed by atoms with van der Waals surface area (Å²) in [5, 5.41) is 13.5. The molecule has 0 bridgehead atoms. The summed E-state index contributed by atoms with van der Waals surface area (Å²) in [7, 11) is 0. The van der Waals surface area contributed by atoms with Crippen molar-refractivity contribution in [3.63, 3.8) is 0 Å². The molecule has 0 aliphatic heterocycles. The number of carbonyl (C=O) groups excluding carboxylic acids is 2. The Morgan fingerprint density at radius 2 is 1.90 bits per heavy atom. The molecule has 29 heavy (non-hydrogen) atoms. The zero-order chi connectivity index (χ0) is 20.8. The molecule has 0 radical (unpaired) electrons. The van der Waals surface area contributed by atoms with Gasteiger partial charge in [-0.05, 0) is 49.7 Å². The Morgan fingerprint density at radius 1 is 1.14 bits per heavy atom. The largest absolute Gasteiger partial charge is 0.345 e. The van der Waals surface area contributed by atoms with Gasteiger partial charge in [0.25, 0.3) is 5.91 Å². The lowest BCUT2D eigenvalue weighted by atomic mass is 10.1. The van der Waals surface area contributed by atoms with Crippen LogP contribution in [0.5, 0.6) is 0 Å². The van der Waals surface area contributed by atoms with Crippen molar-refractivity contribution >= 4 is 40.9 Å². The highest BCUT2D eigenvalue weighted by Crippen LogP contribution is 2.18. The summed E-state index contributed by atoms with van der Waals surface area (Å²) in [4.78, 5) is 28.5. The first-order chi connectivity index (χ1) is 13.9. The standard InChI is InChI=1S/C20H20ClN5O2S/c1-12-3-8-16(13(2)9-12)23-18(27)11-29-20-24-17(25-26-20)10-22-19(28)14-4-6-15(21)7-5-14/h3-9H,10-11H2,1-2H3,(H,22,28)(H,23,27)(H,24,25,26). The normalized spacial score (nSPS) is 10.6. The predicted molar refractivity (Wildman–Crippen MR) is 114 cm³/mol. The molecule has 0 spiro atoms. The van der Waals surface area contributed by atoms with Gasteiger partial charge in [-0.1, -0.05) is 41.1 Å². The summed E-state index contributed by atoms with van der Waals surface area (Å²) in [6, 6.07) is 12.5. The van der Waals surface area contributed by atoms with Crippen molar-refractivity contribution in [2.24, 2.45) is 0 Å². The number of nitrogens with zero attached hydrogens (tertiary/aromatic N) is 2. The number of carbonyl (C=O) groups is 2. The molecule has 0 saturated heterocycles. The minimum absolute atomic E-state index is 0.135. The summed E-state index contributed by atoms with van der Waals surface area (Å²) in [6.07, 6.45) is 0. The molecule has 1 aromatic heterocycles.